The molecule has 1 rings (SSSR count). The van der Waals surface area contributed by atoms with E-state index in [1.165, 1.54) is 6.07 Å². The second-order valence-electron chi connectivity index (χ2n) is 4.33. The lowest BCUT2D eigenvalue weighted by molar-refractivity contribution is 0.482. The van der Waals surface area contributed by atoms with Crippen LogP contribution in [0.5, 0.6) is 0 Å². The minimum Gasteiger partial charge on any atom is -0.379 e. The van der Waals surface area contributed by atoms with E-state index in [0.717, 1.165) is 6.42 Å². The van der Waals surface area contributed by atoms with Crippen LogP contribution in [0.2, 0.25) is 0 Å². The van der Waals surface area contributed by atoms with Crippen molar-refractivity contribution in [2.45, 2.75) is 37.6 Å². The highest BCUT2D eigenvalue weighted by Crippen LogP contribution is 2.25. The zero-order valence-electron chi connectivity index (χ0n) is 9.69. The molecule has 0 aliphatic heterocycles. The molecule has 16 heavy (non-hydrogen) atoms. The predicted molar refractivity (Wildman–Crippen MR) is 64.2 cm³/mol. The van der Waals surface area contributed by atoms with Gasteiger partial charge in [0.1, 0.15) is 4.90 Å². The van der Waals surface area contributed by atoms with Crippen LogP contribution in [0.15, 0.2) is 29.2 Å². The summed E-state index contributed by atoms with van der Waals surface area (Å²) in [4.78, 5) is -0.0866. The number of rotatable bonds is 4. The summed E-state index contributed by atoms with van der Waals surface area (Å²) in [6.07, 6.45) is 0.840. The summed E-state index contributed by atoms with van der Waals surface area (Å²) in [5.41, 5.74) is 0.206. The van der Waals surface area contributed by atoms with Crippen molar-refractivity contribution in [3.8, 4) is 0 Å². The van der Waals surface area contributed by atoms with Gasteiger partial charge in [-0.15, -0.1) is 0 Å². The van der Waals surface area contributed by atoms with Crippen LogP contribution in [0.25, 0.3) is 0 Å². The van der Waals surface area contributed by atoms with Crippen molar-refractivity contribution in [3.05, 3.63) is 24.3 Å². The van der Waals surface area contributed by atoms with Gasteiger partial charge in [-0.3, -0.25) is 4.55 Å². The molecule has 0 aliphatic rings. The Balaban J connectivity index is 3.16. The normalized spacial score (nSPS) is 12.5. The van der Waals surface area contributed by atoms with Crippen LogP contribution >= 0.6 is 0 Å². The second kappa shape index (κ2) is 4.43. The van der Waals surface area contributed by atoms with Gasteiger partial charge in [-0.25, -0.2) is 0 Å². The summed E-state index contributed by atoms with van der Waals surface area (Å²) >= 11 is 0. The maximum atomic E-state index is 11.1. The molecule has 0 atom stereocenters. The fourth-order valence-electron chi connectivity index (χ4n) is 1.25. The Bertz CT molecular complexity index is 466. The maximum absolute atomic E-state index is 11.1. The first kappa shape index (κ1) is 13.0. The molecule has 90 valence electrons. The molecule has 0 aromatic heterocycles. The quantitative estimate of drug-likeness (QED) is 0.797. The van der Waals surface area contributed by atoms with E-state index >= 15 is 0 Å². The monoisotopic (exact) mass is 243 g/mol. The first-order valence-corrected chi connectivity index (χ1v) is 6.55. The van der Waals surface area contributed by atoms with E-state index in [0.29, 0.717) is 5.69 Å². The lowest BCUT2D eigenvalue weighted by Crippen LogP contribution is -2.30. The van der Waals surface area contributed by atoms with E-state index in [2.05, 4.69) is 5.32 Å². The standard InChI is InChI=1S/C11H17NO3S/c1-4-11(2,3)12-9-7-5-6-8-10(9)16(13,14)15/h5-8,12H,4H2,1-3H3,(H,13,14,15). The molecule has 0 spiro atoms. The molecule has 0 unspecified atom stereocenters. The van der Waals surface area contributed by atoms with E-state index in [4.69, 9.17) is 4.55 Å². The van der Waals surface area contributed by atoms with Crippen molar-refractivity contribution >= 4 is 15.8 Å². The molecule has 0 aliphatic carbocycles. The fraction of sp³-hybridized carbons (Fsp3) is 0.455. The van der Waals surface area contributed by atoms with Gasteiger partial charge in [0.05, 0.1) is 5.69 Å². The summed E-state index contributed by atoms with van der Waals surface area (Å²) in [5.74, 6) is 0. The van der Waals surface area contributed by atoms with Crippen molar-refractivity contribution in [1.82, 2.24) is 0 Å². The van der Waals surface area contributed by atoms with Crippen LogP contribution in [0.3, 0.4) is 0 Å². The number of para-hydroxylation sites is 1. The third-order valence-corrected chi connectivity index (χ3v) is 3.43. The highest BCUT2D eigenvalue weighted by Gasteiger charge is 2.20. The number of benzene rings is 1. The Kier molecular flexibility index (Phi) is 3.60. The van der Waals surface area contributed by atoms with Gasteiger partial charge in [-0.2, -0.15) is 8.42 Å². The Hall–Kier alpha value is -1.07. The zero-order chi connectivity index (χ0) is 12.4. The topological polar surface area (TPSA) is 66.4 Å². The lowest BCUT2D eigenvalue weighted by atomic mass is 10.0. The largest absolute Gasteiger partial charge is 0.379 e. The highest BCUT2D eigenvalue weighted by molar-refractivity contribution is 7.86. The maximum Gasteiger partial charge on any atom is 0.296 e. The molecule has 0 fully saturated rings. The minimum atomic E-state index is -4.18. The first-order chi connectivity index (χ1) is 7.26. The average molecular weight is 243 g/mol. The van der Waals surface area contributed by atoms with Crippen LogP contribution in [0.4, 0.5) is 5.69 Å². The molecule has 1 aromatic rings. The summed E-state index contributed by atoms with van der Waals surface area (Å²) in [7, 11) is -4.18. The van der Waals surface area contributed by atoms with Gasteiger partial charge in [0.25, 0.3) is 10.1 Å². The highest BCUT2D eigenvalue weighted by atomic mass is 32.2. The van der Waals surface area contributed by atoms with Crippen molar-refractivity contribution in [2.24, 2.45) is 0 Å². The molecule has 0 radical (unpaired) electrons. The van der Waals surface area contributed by atoms with Crippen LogP contribution in [-0.4, -0.2) is 18.5 Å². The number of anilines is 1. The van der Waals surface area contributed by atoms with E-state index < -0.39 is 10.1 Å². The summed E-state index contributed by atoms with van der Waals surface area (Å²) < 4.78 is 31.4. The fourth-order valence-corrected chi connectivity index (χ4v) is 1.90. The number of nitrogens with one attached hydrogen (secondary N) is 1. The second-order valence-corrected chi connectivity index (χ2v) is 5.72. The zero-order valence-corrected chi connectivity index (χ0v) is 10.5. The Morgan fingerprint density at radius 3 is 2.38 bits per heavy atom. The Labute approximate surface area is 96.4 Å². The van der Waals surface area contributed by atoms with E-state index in [9.17, 15) is 8.42 Å². The third-order valence-electron chi connectivity index (χ3n) is 2.52. The molecule has 2 N–H and O–H groups in total. The van der Waals surface area contributed by atoms with Gasteiger partial charge in [0.2, 0.25) is 0 Å². The lowest BCUT2D eigenvalue weighted by Gasteiger charge is -2.26. The van der Waals surface area contributed by atoms with Crippen molar-refractivity contribution in [1.29, 1.82) is 0 Å². The van der Waals surface area contributed by atoms with Gasteiger partial charge in [-0.1, -0.05) is 19.1 Å². The van der Waals surface area contributed by atoms with Crippen LogP contribution in [0, 0.1) is 0 Å². The van der Waals surface area contributed by atoms with Crippen molar-refractivity contribution < 1.29 is 13.0 Å². The summed E-state index contributed by atoms with van der Waals surface area (Å²) in [5, 5.41) is 3.10. The molecule has 5 heteroatoms. The van der Waals surface area contributed by atoms with E-state index in [1.54, 1.807) is 18.2 Å². The SMILES string of the molecule is CCC(C)(C)Nc1ccccc1S(=O)(=O)O. The van der Waals surface area contributed by atoms with Crippen LogP contribution < -0.4 is 5.32 Å². The first-order valence-electron chi connectivity index (χ1n) is 5.11. The predicted octanol–water partition coefficient (Wildman–Crippen LogP) is 2.53. The summed E-state index contributed by atoms with van der Waals surface area (Å²) in [6, 6.07) is 6.32. The van der Waals surface area contributed by atoms with Gasteiger partial charge < -0.3 is 5.32 Å². The van der Waals surface area contributed by atoms with Gasteiger partial charge in [-0.05, 0) is 32.4 Å². The van der Waals surface area contributed by atoms with Gasteiger partial charge in [0.15, 0.2) is 0 Å². The van der Waals surface area contributed by atoms with Crippen molar-refractivity contribution in [3.63, 3.8) is 0 Å². The molecule has 0 bridgehead atoms. The van der Waals surface area contributed by atoms with Gasteiger partial charge in [0, 0.05) is 5.54 Å². The number of hydrogen-bond donors (Lipinski definition) is 2. The van der Waals surface area contributed by atoms with Gasteiger partial charge >= 0.3 is 0 Å². The molecule has 0 saturated heterocycles. The van der Waals surface area contributed by atoms with Crippen molar-refractivity contribution in [2.75, 3.05) is 5.32 Å². The Morgan fingerprint density at radius 2 is 1.88 bits per heavy atom. The average Bonchev–Trinajstić information content (AvgIpc) is 2.16. The molecular weight excluding hydrogens is 226 g/mol. The van der Waals surface area contributed by atoms with E-state index in [-0.39, 0.29) is 10.4 Å². The van der Waals surface area contributed by atoms with Crippen LogP contribution in [0.1, 0.15) is 27.2 Å². The van der Waals surface area contributed by atoms with E-state index in [1.807, 2.05) is 20.8 Å². The molecular formula is C11H17NO3S. The smallest absolute Gasteiger partial charge is 0.296 e. The molecule has 0 amide bonds. The third kappa shape index (κ3) is 3.21. The number of hydrogen-bond acceptors (Lipinski definition) is 3. The van der Waals surface area contributed by atoms with Crippen LogP contribution in [-0.2, 0) is 10.1 Å². The molecule has 0 heterocycles. The molecule has 4 nitrogen and oxygen atoms in total. The molecule has 1 aromatic carbocycles. The molecule has 0 saturated carbocycles. The summed E-state index contributed by atoms with van der Waals surface area (Å²) in [6.45, 7) is 5.94. The minimum absolute atomic E-state index is 0.0866. The Morgan fingerprint density at radius 1 is 1.31 bits per heavy atom.